The molecule has 0 saturated heterocycles. The molecular formula is C14H16N2O. The Morgan fingerprint density at radius 1 is 1.00 bits per heavy atom. The van der Waals surface area contributed by atoms with E-state index in [1.807, 2.05) is 36.5 Å². The standard InChI is InChI=1S/C14H16N2O/c17-11-5-10-16(13-6-2-1-3-7-13)14-8-4-9-15-12-14/h1-4,6-9,12,17H,5,10-11H2. The molecule has 0 fully saturated rings. The first-order chi connectivity index (χ1) is 8.42. The van der Waals surface area contributed by atoms with Crippen molar-refractivity contribution >= 4 is 11.4 Å². The van der Waals surface area contributed by atoms with Crippen molar-refractivity contribution in [2.24, 2.45) is 0 Å². The number of anilines is 2. The fourth-order valence-corrected chi connectivity index (χ4v) is 1.76. The molecule has 0 unspecified atom stereocenters. The van der Waals surface area contributed by atoms with Crippen LogP contribution in [0.3, 0.4) is 0 Å². The highest BCUT2D eigenvalue weighted by Crippen LogP contribution is 2.23. The van der Waals surface area contributed by atoms with Crippen LogP contribution in [-0.2, 0) is 0 Å². The van der Waals surface area contributed by atoms with Gasteiger partial charge in [0.1, 0.15) is 0 Å². The Morgan fingerprint density at radius 2 is 1.76 bits per heavy atom. The van der Waals surface area contributed by atoms with Crippen LogP contribution in [0.5, 0.6) is 0 Å². The lowest BCUT2D eigenvalue weighted by molar-refractivity contribution is 0.291. The summed E-state index contributed by atoms with van der Waals surface area (Å²) in [4.78, 5) is 6.29. The molecular weight excluding hydrogens is 212 g/mol. The van der Waals surface area contributed by atoms with Crippen LogP contribution in [0, 0.1) is 0 Å². The van der Waals surface area contributed by atoms with Crippen LogP contribution in [0.2, 0.25) is 0 Å². The van der Waals surface area contributed by atoms with Gasteiger partial charge in [-0.1, -0.05) is 18.2 Å². The molecule has 0 aliphatic rings. The van der Waals surface area contributed by atoms with Gasteiger partial charge >= 0.3 is 0 Å². The van der Waals surface area contributed by atoms with Crippen molar-refractivity contribution in [3.05, 3.63) is 54.9 Å². The topological polar surface area (TPSA) is 36.4 Å². The molecule has 3 nitrogen and oxygen atoms in total. The molecule has 17 heavy (non-hydrogen) atoms. The normalized spacial score (nSPS) is 10.2. The zero-order valence-electron chi connectivity index (χ0n) is 9.66. The van der Waals surface area contributed by atoms with Gasteiger partial charge in [0.15, 0.2) is 0 Å². The van der Waals surface area contributed by atoms with Gasteiger partial charge in [0.05, 0.1) is 11.9 Å². The van der Waals surface area contributed by atoms with Crippen LogP contribution < -0.4 is 4.90 Å². The predicted molar refractivity (Wildman–Crippen MR) is 69.4 cm³/mol. The molecule has 0 aliphatic heterocycles. The molecule has 0 atom stereocenters. The highest BCUT2D eigenvalue weighted by molar-refractivity contribution is 5.61. The second kappa shape index (κ2) is 6.01. The Balaban J connectivity index is 2.26. The van der Waals surface area contributed by atoms with Crippen molar-refractivity contribution < 1.29 is 5.11 Å². The minimum atomic E-state index is 0.198. The van der Waals surface area contributed by atoms with E-state index in [1.165, 1.54) is 0 Å². The lowest BCUT2D eigenvalue weighted by Crippen LogP contribution is -2.19. The van der Waals surface area contributed by atoms with E-state index in [0.29, 0.717) is 0 Å². The number of hydrogen-bond acceptors (Lipinski definition) is 3. The van der Waals surface area contributed by atoms with Crippen LogP contribution in [0.1, 0.15) is 6.42 Å². The maximum atomic E-state index is 8.97. The summed E-state index contributed by atoms with van der Waals surface area (Å²) in [5.41, 5.74) is 2.17. The van der Waals surface area contributed by atoms with E-state index in [-0.39, 0.29) is 6.61 Å². The number of aliphatic hydroxyl groups is 1. The van der Waals surface area contributed by atoms with E-state index < -0.39 is 0 Å². The van der Waals surface area contributed by atoms with Gasteiger partial charge in [0, 0.05) is 25.0 Å². The first kappa shape index (κ1) is 11.6. The van der Waals surface area contributed by atoms with Crippen molar-refractivity contribution in [2.75, 3.05) is 18.1 Å². The number of rotatable bonds is 5. The van der Waals surface area contributed by atoms with Gasteiger partial charge in [0.25, 0.3) is 0 Å². The average molecular weight is 228 g/mol. The van der Waals surface area contributed by atoms with Gasteiger partial charge in [-0.2, -0.15) is 0 Å². The first-order valence-corrected chi connectivity index (χ1v) is 5.75. The maximum Gasteiger partial charge on any atom is 0.0597 e. The summed E-state index contributed by atoms with van der Waals surface area (Å²) in [7, 11) is 0. The molecule has 1 N–H and O–H groups in total. The molecule has 0 bridgehead atoms. The number of pyridine rings is 1. The van der Waals surface area contributed by atoms with Crippen molar-refractivity contribution in [1.82, 2.24) is 4.98 Å². The van der Waals surface area contributed by atoms with Crippen LogP contribution in [0.15, 0.2) is 54.9 Å². The number of benzene rings is 1. The lowest BCUT2D eigenvalue weighted by Gasteiger charge is -2.24. The molecule has 88 valence electrons. The molecule has 1 heterocycles. The third-order valence-electron chi connectivity index (χ3n) is 2.57. The number of aromatic nitrogens is 1. The summed E-state index contributed by atoms with van der Waals surface area (Å²) < 4.78 is 0. The Morgan fingerprint density at radius 3 is 2.41 bits per heavy atom. The van der Waals surface area contributed by atoms with E-state index in [2.05, 4.69) is 22.0 Å². The second-order valence-electron chi connectivity index (χ2n) is 3.78. The number of nitrogens with zero attached hydrogens (tertiary/aromatic N) is 2. The van der Waals surface area contributed by atoms with Gasteiger partial charge in [0.2, 0.25) is 0 Å². The zero-order valence-corrected chi connectivity index (χ0v) is 9.66. The summed E-state index contributed by atoms with van der Waals surface area (Å²) in [5.74, 6) is 0. The van der Waals surface area contributed by atoms with Gasteiger partial charge in [-0.3, -0.25) is 4.98 Å². The van der Waals surface area contributed by atoms with Gasteiger partial charge in [-0.05, 0) is 30.7 Å². The Bertz CT molecular complexity index is 391. The third kappa shape index (κ3) is 3.04. The van der Waals surface area contributed by atoms with Crippen molar-refractivity contribution in [3.63, 3.8) is 0 Å². The molecule has 0 saturated carbocycles. The fraction of sp³-hybridized carbons (Fsp3) is 0.214. The molecule has 3 heteroatoms. The monoisotopic (exact) mass is 228 g/mol. The number of hydrogen-bond donors (Lipinski definition) is 1. The van der Waals surface area contributed by atoms with Crippen molar-refractivity contribution in [2.45, 2.75) is 6.42 Å². The van der Waals surface area contributed by atoms with Crippen molar-refractivity contribution in [3.8, 4) is 0 Å². The molecule has 0 spiro atoms. The van der Waals surface area contributed by atoms with E-state index in [1.54, 1.807) is 6.20 Å². The number of para-hydroxylation sites is 1. The quantitative estimate of drug-likeness (QED) is 0.854. The summed E-state index contributed by atoms with van der Waals surface area (Å²) in [5, 5.41) is 8.97. The average Bonchev–Trinajstić information content (AvgIpc) is 2.42. The lowest BCUT2D eigenvalue weighted by atomic mass is 10.2. The highest BCUT2D eigenvalue weighted by Gasteiger charge is 2.07. The van der Waals surface area contributed by atoms with Crippen LogP contribution in [0.4, 0.5) is 11.4 Å². The molecule has 2 aromatic rings. The Hall–Kier alpha value is -1.87. The van der Waals surface area contributed by atoms with E-state index in [9.17, 15) is 0 Å². The van der Waals surface area contributed by atoms with Crippen LogP contribution in [0.25, 0.3) is 0 Å². The van der Waals surface area contributed by atoms with Crippen LogP contribution >= 0.6 is 0 Å². The van der Waals surface area contributed by atoms with Gasteiger partial charge in [-0.25, -0.2) is 0 Å². The van der Waals surface area contributed by atoms with Gasteiger partial charge < -0.3 is 10.0 Å². The minimum absolute atomic E-state index is 0.198. The maximum absolute atomic E-state index is 8.97. The third-order valence-corrected chi connectivity index (χ3v) is 2.57. The zero-order chi connectivity index (χ0) is 11.9. The largest absolute Gasteiger partial charge is 0.396 e. The summed E-state index contributed by atoms with van der Waals surface area (Å²) in [6.07, 6.45) is 4.34. The summed E-state index contributed by atoms with van der Waals surface area (Å²) in [6, 6.07) is 14.1. The fourth-order valence-electron chi connectivity index (χ4n) is 1.76. The smallest absolute Gasteiger partial charge is 0.0597 e. The Kier molecular flexibility index (Phi) is 4.11. The predicted octanol–water partition coefficient (Wildman–Crippen LogP) is 2.60. The Labute approximate surface area is 101 Å². The first-order valence-electron chi connectivity index (χ1n) is 5.75. The molecule has 1 aromatic carbocycles. The molecule has 2 rings (SSSR count). The molecule has 0 radical (unpaired) electrons. The SMILES string of the molecule is OCCCN(c1ccccc1)c1cccnc1. The van der Waals surface area contributed by atoms with E-state index >= 15 is 0 Å². The minimum Gasteiger partial charge on any atom is -0.396 e. The summed E-state index contributed by atoms with van der Waals surface area (Å²) in [6.45, 7) is 0.982. The molecule has 0 aliphatic carbocycles. The van der Waals surface area contributed by atoms with Crippen LogP contribution in [-0.4, -0.2) is 23.2 Å². The number of aliphatic hydroxyl groups excluding tert-OH is 1. The van der Waals surface area contributed by atoms with Gasteiger partial charge in [-0.15, -0.1) is 0 Å². The van der Waals surface area contributed by atoms with Crippen molar-refractivity contribution in [1.29, 1.82) is 0 Å². The molecule has 1 aromatic heterocycles. The van der Waals surface area contributed by atoms with E-state index in [4.69, 9.17) is 5.11 Å². The highest BCUT2D eigenvalue weighted by atomic mass is 16.3. The van der Waals surface area contributed by atoms with E-state index in [0.717, 1.165) is 24.3 Å². The second-order valence-corrected chi connectivity index (χ2v) is 3.78. The summed E-state index contributed by atoms with van der Waals surface area (Å²) >= 11 is 0. The molecule has 0 amide bonds.